The molecule has 0 saturated heterocycles. The summed E-state index contributed by atoms with van der Waals surface area (Å²) in [7, 11) is 0. The summed E-state index contributed by atoms with van der Waals surface area (Å²) in [4.78, 5) is 13.9. The van der Waals surface area contributed by atoms with Crippen LogP contribution in [0, 0.1) is 11.6 Å². The summed E-state index contributed by atoms with van der Waals surface area (Å²) < 4.78 is 27.0. The number of fused-ring (bicyclic) bond motifs is 1. The van der Waals surface area contributed by atoms with Crippen LogP contribution in [-0.4, -0.2) is 16.1 Å². The van der Waals surface area contributed by atoms with Crippen LogP contribution in [0.3, 0.4) is 0 Å². The number of hydrogen-bond acceptors (Lipinski definition) is 1. The van der Waals surface area contributed by atoms with Crippen LogP contribution in [0.2, 0.25) is 0 Å². The molecule has 0 aliphatic carbocycles. The molecule has 0 fully saturated rings. The molecule has 2 N–H and O–H groups in total. The third kappa shape index (κ3) is 2.57. The van der Waals surface area contributed by atoms with E-state index >= 15 is 0 Å². The van der Waals surface area contributed by atoms with Gasteiger partial charge in [0.25, 0.3) is 0 Å². The lowest BCUT2D eigenvalue weighted by Gasteiger charge is -2.04. The first kappa shape index (κ1) is 14.3. The molecule has 3 aromatic rings. The highest BCUT2D eigenvalue weighted by atomic mass is 19.2. The predicted octanol–water partition coefficient (Wildman–Crippen LogP) is 4.13. The van der Waals surface area contributed by atoms with Gasteiger partial charge in [-0.05, 0) is 23.6 Å². The van der Waals surface area contributed by atoms with Crippen molar-refractivity contribution in [2.24, 2.45) is 0 Å². The normalized spacial score (nSPS) is 11.0. The van der Waals surface area contributed by atoms with Crippen molar-refractivity contribution < 1.29 is 18.7 Å². The van der Waals surface area contributed by atoms with Gasteiger partial charge < -0.3 is 10.1 Å². The number of H-pyrrole nitrogens is 1. The number of aryl methyl sites for hydroxylation is 1. The first-order valence-corrected chi connectivity index (χ1v) is 6.83. The summed E-state index contributed by atoms with van der Waals surface area (Å²) >= 11 is 0. The minimum atomic E-state index is -0.942. The van der Waals surface area contributed by atoms with Crippen LogP contribution in [0.1, 0.15) is 12.0 Å². The number of rotatable bonds is 4. The molecule has 0 spiro atoms. The van der Waals surface area contributed by atoms with Crippen LogP contribution in [-0.2, 0) is 11.2 Å². The fourth-order valence-electron chi connectivity index (χ4n) is 2.59. The predicted molar refractivity (Wildman–Crippen MR) is 79.6 cm³/mol. The molecular formula is C17H13F2NO2. The van der Waals surface area contributed by atoms with E-state index in [9.17, 15) is 13.6 Å². The van der Waals surface area contributed by atoms with Crippen LogP contribution in [0.15, 0.2) is 42.5 Å². The zero-order chi connectivity index (χ0) is 15.7. The van der Waals surface area contributed by atoms with Crippen molar-refractivity contribution in [3.05, 3.63) is 59.7 Å². The zero-order valence-corrected chi connectivity index (χ0v) is 11.6. The molecule has 3 nitrogen and oxygen atoms in total. The molecule has 0 aliphatic rings. The number of carbonyl (C=O) groups is 1. The number of nitrogens with one attached hydrogen (secondary N) is 1. The molecular weight excluding hydrogens is 288 g/mol. The summed E-state index contributed by atoms with van der Waals surface area (Å²) in [6.07, 6.45) is 0.163. The maximum absolute atomic E-state index is 13.5. The Labute approximate surface area is 125 Å². The Kier molecular flexibility index (Phi) is 3.63. The van der Waals surface area contributed by atoms with Gasteiger partial charge in [0.15, 0.2) is 11.6 Å². The van der Waals surface area contributed by atoms with Crippen molar-refractivity contribution in [3.8, 4) is 11.3 Å². The van der Waals surface area contributed by atoms with Gasteiger partial charge in [0, 0.05) is 29.1 Å². The fourth-order valence-corrected chi connectivity index (χ4v) is 2.59. The van der Waals surface area contributed by atoms with E-state index in [4.69, 9.17) is 5.11 Å². The zero-order valence-electron chi connectivity index (χ0n) is 11.6. The van der Waals surface area contributed by atoms with Crippen molar-refractivity contribution >= 4 is 16.9 Å². The number of benzene rings is 2. The van der Waals surface area contributed by atoms with Gasteiger partial charge in [-0.3, -0.25) is 4.79 Å². The molecule has 0 aliphatic heterocycles. The van der Waals surface area contributed by atoms with Gasteiger partial charge in [-0.1, -0.05) is 30.3 Å². The minimum Gasteiger partial charge on any atom is -0.481 e. The summed E-state index contributed by atoms with van der Waals surface area (Å²) in [5, 5.41) is 9.41. The largest absolute Gasteiger partial charge is 0.481 e. The van der Waals surface area contributed by atoms with Crippen LogP contribution in [0.4, 0.5) is 8.78 Å². The Bertz CT molecular complexity index is 841. The number of aliphatic carboxylic acids is 1. The average molecular weight is 301 g/mol. The molecule has 2 aromatic carbocycles. The maximum atomic E-state index is 13.5. The summed E-state index contributed by atoms with van der Waals surface area (Å²) in [5.41, 5.74) is 2.68. The highest BCUT2D eigenvalue weighted by molar-refractivity contribution is 5.91. The van der Waals surface area contributed by atoms with E-state index in [1.54, 1.807) is 0 Å². The maximum Gasteiger partial charge on any atom is 0.303 e. The number of aromatic nitrogens is 1. The highest BCUT2D eigenvalue weighted by Crippen LogP contribution is 2.32. The van der Waals surface area contributed by atoms with Gasteiger partial charge in [-0.15, -0.1) is 0 Å². The Morgan fingerprint density at radius 1 is 1.09 bits per heavy atom. The van der Waals surface area contributed by atoms with Crippen LogP contribution in [0.5, 0.6) is 0 Å². The number of hydrogen-bond donors (Lipinski definition) is 2. The second kappa shape index (κ2) is 5.60. The van der Waals surface area contributed by atoms with E-state index in [0.717, 1.165) is 17.7 Å². The van der Waals surface area contributed by atoms with Crippen molar-refractivity contribution in [1.29, 1.82) is 0 Å². The van der Waals surface area contributed by atoms with Gasteiger partial charge in [0.1, 0.15) is 0 Å². The van der Waals surface area contributed by atoms with Crippen molar-refractivity contribution in [1.82, 2.24) is 4.98 Å². The number of halogens is 2. The van der Waals surface area contributed by atoms with Crippen LogP contribution < -0.4 is 0 Å². The molecule has 0 amide bonds. The van der Waals surface area contributed by atoms with E-state index in [1.165, 1.54) is 0 Å². The summed E-state index contributed by atoms with van der Waals surface area (Å²) in [6.45, 7) is 0. The molecule has 112 valence electrons. The third-order valence-electron chi connectivity index (χ3n) is 3.60. The molecule has 1 aromatic heterocycles. The summed E-state index contributed by atoms with van der Waals surface area (Å²) in [5.74, 6) is -2.81. The number of carboxylic acids is 1. The lowest BCUT2D eigenvalue weighted by atomic mass is 10.0. The Balaban J connectivity index is 2.21. The van der Waals surface area contributed by atoms with Gasteiger partial charge in [0.2, 0.25) is 0 Å². The fraction of sp³-hybridized carbons (Fsp3) is 0.118. The minimum absolute atomic E-state index is 0.0776. The molecule has 1 heterocycles. The quantitative estimate of drug-likeness (QED) is 0.761. The summed E-state index contributed by atoms with van der Waals surface area (Å²) in [6, 6.07) is 11.5. The Hall–Kier alpha value is -2.69. The molecule has 0 bridgehead atoms. The molecule has 0 radical (unpaired) electrons. The molecule has 22 heavy (non-hydrogen) atoms. The molecule has 0 atom stereocenters. The van der Waals surface area contributed by atoms with Crippen LogP contribution in [0.25, 0.3) is 22.2 Å². The lowest BCUT2D eigenvalue weighted by Crippen LogP contribution is -1.98. The van der Waals surface area contributed by atoms with E-state index in [-0.39, 0.29) is 12.8 Å². The molecule has 0 unspecified atom stereocenters. The Morgan fingerprint density at radius 2 is 1.77 bits per heavy atom. The monoisotopic (exact) mass is 301 g/mol. The SMILES string of the molecule is O=C(O)CCc1c(-c2ccccc2)[nH]c2cc(F)c(F)cc12. The second-order valence-corrected chi connectivity index (χ2v) is 5.05. The van der Waals surface area contributed by atoms with Crippen molar-refractivity contribution in [2.45, 2.75) is 12.8 Å². The van der Waals surface area contributed by atoms with E-state index in [0.29, 0.717) is 22.2 Å². The second-order valence-electron chi connectivity index (χ2n) is 5.05. The first-order valence-electron chi connectivity index (χ1n) is 6.83. The highest BCUT2D eigenvalue weighted by Gasteiger charge is 2.16. The molecule has 3 rings (SSSR count). The molecule has 0 saturated carbocycles. The van der Waals surface area contributed by atoms with Crippen molar-refractivity contribution in [3.63, 3.8) is 0 Å². The van der Waals surface area contributed by atoms with Crippen LogP contribution >= 0.6 is 0 Å². The molecule has 5 heteroatoms. The van der Waals surface area contributed by atoms with Gasteiger partial charge in [-0.25, -0.2) is 8.78 Å². The van der Waals surface area contributed by atoms with Crippen molar-refractivity contribution in [2.75, 3.05) is 0 Å². The Morgan fingerprint density at radius 3 is 2.45 bits per heavy atom. The standard InChI is InChI=1S/C17H13F2NO2/c18-13-8-12-11(6-7-16(21)22)17(10-4-2-1-3-5-10)20-15(12)9-14(13)19/h1-5,8-9,20H,6-7H2,(H,21,22). The topological polar surface area (TPSA) is 53.1 Å². The number of carboxylic acid groups (broad SMARTS) is 1. The first-order chi connectivity index (χ1) is 10.6. The third-order valence-corrected chi connectivity index (χ3v) is 3.60. The van der Waals surface area contributed by atoms with E-state index < -0.39 is 17.6 Å². The smallest absolute Gasteiger partial charge is 0.303 e. The van der Waals surface area contributed by atoms with Gasteiger partial charge in [0.05, 0.1) is 0 Å². The van der Waals surface area contributed by atoms with E-state index in [2.05, 4.69) is 4.98 Å². The van der Waals surface area contributed by atoms with E-state index in [1.807, 2.05) is 30.3 Å². The number of aromatic amines is 1. The average Bonchev–Trinajstić information content (AvgIpc) is 2.84. The van der Waals surface area contributed by atoms with Gasteiger partial charge in [-0.2, -0.15) is 0 Å². The lowest BCUT2D eigenvalue weighted by molar-refractivity contribution is -0.136. The van der Waals surface area contributed by atoms with Gasteiger partial charge >= 0.3 is 5.97 Å².